The number of fused-ring (bicyclic) bond motifs is 8. The molecule has 2 heteroatoms. The van der Waals surface area contributed by atoms with Gasteiger partial charge in [0.25, 0.3) is 0 Å². The lowest BCUT2D eigenvalue weighted by atomic mass is 9.64. The quantitative estimate of drug-likeness (QED) is 0.167. The molecule has 0 bridgehead atoms. The average Bonchev–Trinajstić information content (AvgIpc) is 3.74. The summed E-state index contributed by atoms with van der Waals surface area (Å²) in [5, 5.41) is 0. The molecule has 0 saturated heterocycles. The van der Waals surface area contributed by atoms with Crippen molar-refractivity contribution in [1.29, 1.82) is 0 Å². The van der Waals surface area contributed by atoms with Gasteiger partial charge in [-0.05, 0) is 97.9 Å². The molecule has 0 radical (unpaired) electrons. The van der Waals surface area contributed by atoms with Crippen LogP contribution in [0.2, 0.25) is 0 Å². The molecule has 3 atom stereocenters. The van der Waals surface area contributed by atoms with Crippen LogP contribution in [-0.2, 0) is 10.8 Å². The molecule has 3 unspecified atom stereocenters. The maximum atomic E-state index is 5.14. The molecule has 0 N–H and O–H groups in total. The molecule has 1 spiro atoms. The molecule has 1 heterocycles. The van der Waals surface area contributed by atoms with Crippen molar-refractivity contribution in [2.75, 3.05) is 0 Å². The van der Waals surface area contributed by atoms with Gasteiger partial charge in [-0.15, -0.1) is 0 Å². The smallest absolute Gasteiger partial charge is 0.160 e. The highest BCUT2D eigenvalue weighted by Crippen LogP contribution is 2.63. The second-order valence-corrected chi connectivity index (χ2v) is 19.2. The zero-order chi connectivity index (χ0) is 42.1. The van der Waals surface area contributed by atoms with E-state index in [1.165, 1.54) is 76.6 Å². The molecule has 5 aliphatic rings. The Bertz CT molecular complexity index is 3010. The van der Waals surface area contributed by atoms with Gasteiger partial charge in [-0.1, -0.05) is 215 Å². The van der Waals surface area contributed by atoms with Crippen LogP contribution in [-0.4, -0.2) is 9.97 Å². The highest BCUT2D eigenvalue weighted by molar-refractivity contribution is 5.92. The lowest BCUT2D eigenvalue weighted by Gasteiger charge is -2.39. The van der Waals surface area contributed by atoms with Crippen molar-refractivity contribution in [3.63, 3.8) is 0 Å². The highest BCUT2D eigenvalue weighted by atomic mass is 14.9. The molecule has 1 aromatic heterocycles. The Morgan fingerprint density at radius 2 is 1.16 bits per heavy atom. The Labute approximate surface area is 372 Å². The predicted molar refractivity (Wildman–Crippen MR) is 261 cm³/mol. The molecule has 1 saturated carbocycles. The van der Waals surface area contributed by atoms with Crippen LogP contribution in [0.5, 0.6) is 0 Å². The monoisotopic (exact) mass is 812 g/mol. The normalized spacial score (nSPS) is 21.1. The van der Waals surface area contributed by atoms with Crippen LogP contribution in [0.25, 0.3) is 56.2 Å². The van der Waals surface area contributed by atoms with Crippen molar-refractivity contribution in [3.05, 3.63) is 227 Å². The summed E-state index contributed by atoms with van der Waals surface area (Å²) < 4.78 is 0. The fourth-order valence-electron chi connectivity index (χ4n) is 12.1. The Kier molecular flexibility index (Phi) is 9.08. The molecular weight excluding hydrogens is 761 g/mol. The van der Waals surface area contributed by atoms with E-state index in [2.05, 4.69) is 196 Å². The minimum atomic E-state index is 0.104. The summed E-state index contributed by atoms with van der Waals surface area (Å²) in [6.45, 7) is 4.95. The minimum absolute atomic E-state index is 0.104. The van der Waals surface area contributed by atoms with Crippen molar-refractivity contribution in [3.8, 4) is 45.0 Å². The summed E-state index contributed by atoms with van der Waals surface area (Å²) in [4.78, 5) is 10.2. The predicted octanol–water partition coefficient (Wildman–Crippen LogP) is 15.5. The van der Waals surface area contributed by atoms with Gasteiger partial charge >= 0.3 is 0 Å². The molecular formula is C61H52N2. The van der Waals surface area contributed by atoms with Gasteiger partial charge in [-0.2, -0.15) is 0 Å². The maximum absolute atomic E-state index is 5.14. The minimum Gasteiger partial charge on any atom is -0.228 e. The highest BCUT2D eigenvalue weighted by Gasteiger charge is 2.52. The Morgan fingerprint density at radius 1 is 0.540 bits per heavy atom. The molecule has 5 aliphatic carbocycles. The maximum Gasteiger partial charge on any atom is 0.160 e. The number of hydrogen-bond acceptors (Lipinski definition) is 2. The molecule has 12 rings (SSSR count). The van der Waals surface area contributed by atoms with Gasteiger partial charge in [0, 0.05) is 33.9 Å². The third kappa shape index (κ3) is 6.37. The number of nitrogens with zero attached hydrogens (tertiary/aromatic N) is 2. The van der Waals surface area contributed by atoms with E-state index in [9.17, 15) is 0 Å². The first-order valence-electron chi connectivity index (χ1n) is 23.2. The molecule has 0 amide bonds. The van der Waals surface area contributed by atoms with Crippen molar-refractivity contribution in [1.82, 2.24) is 9.97 Å². The third-order valence-electron chi connectivity index (χ3n) is 15.4. The van der Waals surface area contributed by atoms with Crippen LogP contribution in [0.1, 0.15) is 97.6 Å². The summed E-state index contributed by atoms with van der Waals surface area (Å²) in [5.74, 6) is 1.99. The van der Waals surface area contributed by atoms with Gasteiger partial charge in [0.05, 0.1) is 11.4 Å². The van der Waals surface area contributed by atoms with Gasteiger partial charge < -0.3 is 0 Å². The van der Waals surface area contributed by atoms with E-state index in [0.29, 0.717) is 17.8 Å². The van der Waals surface area contributed by atoms with Gasteiger partial charge in [0.1, 0.15) is 0 Å². The summed E-state index contributed by atoms with van der Waals surface area (Å²) in [6, 6.07) is 57.6. The van der Waals surface area contributed by atoms with Gasteiger partial charge in [-0.3, -0.25) is 0 Å². The van der Waals surface area contributed by atoms with Crippen LogP contribution in [0.4, 0.5) is 0 Å². The first-order valence-corrected chi connectivity index (χ1v) is 23.2. The van der Waals surface area contributed by atoms with E-state index in [4.69, 9.17) is 9.97 Å². The molecule has 7 aromatic rings. The largest absolute Gasteiger partial charge is 0.228 e. The second-order valence-electron chi connectivity index (χ2n) is 19.2. The third-order valence-corrected chi connectivity index (χ3v) is 15.4. The van der Waals surface area contributed by atoms with Crippen LogP contribution in [0.3, 0.4) is 0 Å². The first-order chi connectivity index (χ1) is 30.9. The van der Waals surface area contributed by atoms with Crippen molar-refractivity contribution in [2.24, 2.45) is 5.92 Å². The number of aromatic nitrogens is 2. The van der Waals surface area contributed by atoms with Crippen molar-refractivity contribution in [2.45, 2.75) is 75.0 Å². The van der Waals surface area contributed by atoms with E-state index in [-0.39, 0.29) is 10.8 Å². The summed E-state index contributed by atoms with van der Waals surface area (Å²) >= 11 is 0. The zero-order valence-electron chi connectivity index (χ0n) is 36.3. The van der Waals surface area contributed by atoms with E-state index >= 15 is 0 Å². The lowest BCUT2D eigenvalue weighted by Crippen LogP contribution is -2.31. The Hall–Kier alpha value is -6.64. The van der Waals surface area contributed by atoms with E-state index in [0.717, 1.165) is 40.3 Å². The van der Waals surface area contributed by atoms with E-state index in [1.54, 1.807) is 16.7 Å². The van der Waals surface area contributed by atoms with Crippen LogP contribution in [0, 0.1) is 5.92 Å². The molecule has 0 aliphatic heterocycles. The van der Waals surface area contributed by atoms with Crippen LogP contribution < -0.4 is 0 Å². The molecule has 306 valence electrons. The van der Waals surface area contributed by atoms with Crippen LogP contribution in [0.15, 0.2) is 194 Å². The van der Waals surface area contributed by atoms with Gasteiger partial charge in [0.15, 0.2) is 5.82 Å². The standard InChI is InChI=1S/C61H52N2/c1-60(2)53-22-11-10-21-49(53)51-38-56-52(37-55(51)60)50-36-48(31-32-54(50)61(56)33-12-5-13-34-61)47-20-14-19-46(35-47)42-25-29-44(30-26-42)58-39-57(62-59(63-58)45-17-8-4-9-18-45)43-27-23-41(24-28-43)40-15-6-3-7-16-40/h3-4,6-11,14-32,36-39,47,51,55H,5,12-13,33-35H2,1-2H3. The Morgan fingerprint density at radius 3 is 1.87 bits per heavy atom. The first kappa shape index (κ1) is 38.1. The fourth-order valence-corrected chi connectivity index (χ4v) is 12.1. The second kappa shape index (κ2) is 15.0. The van der Waals surface area contributed by atoms with Crippen molar-refractivity contribution < 1.29 is 0 Å². The number of benzene rings is 6. The summed E-state index contributed by atoms with van der Waals surface area (Å²) in [7, 11) is 0. The van der Waals surface area contributed by atoms with Crippen LogP contribution >= 0.6 is 0 Å². The van der Waals surface area contributed by atoms with E-state index < -0.39 is 0 Å². The SMILES string of the molecule is CC1(C)c2ccccc2C2C=C3C(=CC21)c1cc(C2C=CC=C(c4ccc(-c5cc(-c6ccc(-c7ccccc7)cc6)nc(-c6ccccc6)n5)cc4)C2)ccc1C31CCCCC1. The molecule has 2 nitrogen and oxygen atoms in total. The zero-order valence-corrected chi connectivity index (χ0v) is 36.3. The summed E-state index contributed by atoms with van der Waals surface area (Å²) in [5.41, 5.74) is 21.1. The van der Waals surface area contributed by atoms with E-state index in [1.807, 2.05) is 6.07 Å². The Balaban J connectivity index is 0.840. The topological polar surface area (TPSA) is 25.8 Å². The number of allylic oxidation sites excluding steroid dienone is 8. The molecule has 6 aromatic carbocycles. The van der Waals surface area contributed by atoms with Gasteiger partial charge in [0.2, 0.25) is 0 Å². The van der Waals surface area contributed by atoms with Crippen molar-refractivity contribution >= 4 is 11.1 Å². The number of rotatable bonds is 6. The molecule has 1 fully saturated rings. The number of hydrogen-bond donors (Lipinski definition) is 0. The fraction of sp³-hybridized carbons (Fsp3) is 0.213. The average molecular weight is 813 g/mol. The summed E-state index contributed by atoms with van der Waals surface area (Å²) in [6.07, 6.45) is 20.0. The van der Waals surface area contributed by atoms with Gasteiger partial charge in [-0.25, -0.2) is 9.97 Å². The lowest BCUT2D eigenvalue weighted by molar-refractivity contribution is 0.345. The molecule has 63 heavy (non-hydrogen) atoms.